The minimum Gasteiger partial charge on any atom is -0.268 e. The molecule has 0 bridgehead atoms. The molecule has 1 aromatic carbocycles. The second-order valence-corrected chi connectivity index (χ2v) is 4.27. The Balaban J connectivity index is 2.46. The zero-order valence-electron chi connectivity index (χ0n) is 8.94. The van der Waals surface area contributed by atoms with Gasteiger partial charge in [-0.05, 0) is 18.2 Å². The second-order valence-electron chi connectivity index (χ2n) is 3.48. The average molecular weight is 297 g/mol. The predicted molar refractivity (Wildman–Crippen MR) is 67.7 cm³/mol. The molecule has 1 aromatic heterocycles. The summed E-state index contributed by atoms with van der Waals surface area (Å²) in [7, 11) is 0. The van der Waals surface area contributed by atoms with Gasteiger partial charge in [-0.25, -0.2) is 9.07 Å². The molecule has 0 aliphatic rings. The van der Waals surface area contributed by atoms with Crippen LogP contribution in [-0.2, 0) is 6.54 Å². The molecular weight excluding hydrogens is 287 g/mol. The molecule has 0 N–H and O–H groups in total. The topological polar surface area (TPSA) is 34.9 Å². The summed E-state index contributed by atoms with van der Waals surface area (Å²) in [5, 5.41) is 4.83. The Hall–Kier alpha value is -1.49. The standard InChI is InChI=1S/C12H10BrFN2O/c13-6-7-16-12(17)5-4-11(15-16)9-2-1-3-10(14)8-9/h1-5,8H,6-7H2. The van der Waals surface area contributed by atoms with Gasteiger partial charge in [0, 0.05) is 17.0 Å². The molecule has 1 heterocycles. The first-order valence-electron chi connectivity index (χ1n) is 5.11. The van der Waals surface area contributed by atoms with Crippen molar-refractivity contribution in [1.82, 2.24) is 9.78 Å². The van der Waals surface area contributed by atoms with Crippen molar-refractivity contribution in [3.05, 3.63) is 52.6 Å². The summed E-state index contributed by atoms with van der Waals surface area (Å²) in [4.78, 5) is 11.5. The highest BCUT2D eigenvalue weighted by Crippen LogP contribution is 2.16. The number of rotatable bonds is 3. The van der Waals surface area contributed by atoms with Gasteiger partial charge in [-0.1, -0.05) is 28.1 Å². The molecule has 0 aliphatic heterocycles. The van der Waals surface area contributed by atoms with E-state index in [0.29, 0.717) is 23.1 Å². The number of hydrogen-bond donors (Lipinski definition) is 0. The van der Waals surface area contributed by atoms with Crippen LogP contribution in [0.5, 0.6) is 0 Å². The number of aryl methyl sites for hydroxylation is 1. The zero-order valence-corrected chi connectivity index (χ0v) is 10.5. The van der Waals surface area contributed by atoms with Crippen LogP contribution in [0.3, 0.4) is 0 Å². The first-order valence-corrected chi connectivity index (χ1v) is 6.23. The van der Waals surface area contributed by atoms with Crippen LogP contribution in [0.1, 0.15) is 0 Å². The minimum absolute atomic E-state index is 0.162. The predicted octanol–water partition coefficient (Wildman–Crippen LogP) is 2.44. The van der Waals surface area contributed by atoms with Crippen molar-refractivity contribution in [3.63, 3.8) is 0 Å². The van der Waals surface area contributed by atoms with Gasteiger partial charge in [-0.2, -0.15) is 5.10 Å². The van der Waals surface area contributed by atoms with Crippen molar-refractivity contribution < 1.29 is 4.39 Å². The van der Waals surface area contributed by atoms with Crippen LogP contribution < -0.4 is 5.56 Å². The Kier molecular flexibility index (Phi) is 3.68. The number of benzene rings is 1. The van der Waals surface area contributed by atoms with Crippen LogP contribution in [0.25, 0.3) is 11.3 Å². The number of aromatic nitrogens is 2. The van der Waals surface area contributed by atoms with Crippen molar-refractivity contribution >= 4 is 15.9 Å². The Morgan fingerprint density at radius 2 is 2.12 bits per heavy atom. The Morgan fingerprint density at radius 1 is 1.29 bits per heavy atom. The summed E-state index contributed by atoms with van der Waals surface area (Å²) in [6.07, 6.45) is 0. The van der Waals surface area contributed by atoms with E-state index in [4.69, 9.17) is 0 Å². The van der Waals surface area contributed by atoms with Crippen molar-refractivity contribution in [2.45, 2.75) is 6.54 Å². The van der Waals surface area contributed by atoms with Gasteiger partial charge in [0.2, 0.25) is 0 Å². The van der Waals surface area contributed by atoms with Crippen molar-refractivity contribution in [1.29, 1.82) is 0 Å². The summed E-state index contributed by atoms with van der Waals surface area (Å²) in [5.41, 5.74) is 1.09. The molecule has 0 amide bonds. The number of hydrogen-bond acceptors (Lipinski definition) is 2. The third-order valence-corrected chi connectivity index (χ3v) is 2.64. The maximum Gasteiger partial charge on any atom is 0.266 e. The van der Waals surface area contributed by atoms with Gasteiger partial charge in [0.05, 0.1) is 12.2 Å². The SMILES string of the molecule is O=c1ccc(-c2cccc(F)c2)nn1CCBr. The summed E-state index contributed by atoms with van der Waals surface area (Å²) in [6.45, 7) is 0.488. The fourth-order valence-electron chi connectivity index (χ4n) is 1.49. The molecular formula is C12H10BrFN2O. The maximum atomic E-state index is 13.1. The van der Waals surface area contributed by atoms with Crippen LogP contribution >= 0.6 is 15.9 Å². The molecule has 0 saturated carbocycles. The highest BCUT2D eigenvalue weighted by molar-refractivity contribution is 9.09. The molecule has 5 heteroatoms. The summed E-state index contributed by atoms with van der Waals surface area (Å²) >= 11 is 3.25. The van der Waals surface area contributed by atoms with Gasteiger partial charge < -0.3 is 0 Å². The molecule has 0 radical (unpaired) electrons. The number of alkyl halides is 1. The van der Waals surface area contributed by atoms with Gasteiger partial charge in [0.1, 0.15) is 5.82 Å². The summed E-state index contributed by atoms with van der Waals surface area (Å²) in [6, 6.07) is 9.18. The van der Waals surface area contributed by atoms with E-state index >= 15 is 0 Å². The molecule has 0 saturated heterocycles. The normalized spacial score (nSPS) is 10.5. The molecule has 0 fully saturated rings. The van der Waals surface area contributed by atoms with Gasteiger partial charge in [0.25, 0.3) is 5.56 Å². The summed E-state index contributed by atoms with van der Waals surface area (Å²) in [5.74, 6) is -0.317. The van der Waals surface area contributed by atoms with Gasteiger partial charge in [-0.3, -0.25) is 4.79 Å². The minimum atomic E-state index is -0.317. The third-order valence-electron chi connectivity index (χ3n) is 2.28. The average Bonchev–Trinajstić information content (AvgIpc) is 2.32. The van der Waals surface area contributed by atoms with Gasteiger partial charge >= 0.3 is 0 Å². The molecule has 88 valence electrons. The largest absolute Gasteiger partial charge is 0.268 e. The van der Waals surface area contributed by atoms with Crippen molar-refractivity contribution in [2.75, 3.05) is 5.33 Å². The van der Waals surface area contributed by atoms with E-state index in [1.165, 1.54) is 22.9 Å². The van der Waals surface area contributed by atoms with E-state index < -0.39 is 0 Å². The highest BCUT2D eigenvalue weighted by Gasteiger charge is 2.03. The van der Waals surface area contributed by atoms with Crippen LogP contribution in [0.4, 0.5) is 4.39 Å². The lowest BCUT2D eigenvalue weighted by Gasteiger charge is -2.05. The van der Waals surface area contributed by atoms with Crippen LogP contribution in [0.2, 0.25) is 0 Å². The Labute approximate surface area is 106 Å². The lowest BCUT2D eigenvalue weighted by Crippen LogP contribution is -2.22. The monoisotopic (exact) mass is 296 g/mol. The first-order chi connectivity index (χ1) is 8.20. The molecule has 2 aromatic rings. The quantitative estimate of drug-likeness (QED) is 0.816. The maximum absolute atomic E-state index is 13.1. The fraction of sp³-hybridized carbons (Fsp3) is 0.167. The molecule has 0 atom stereocenters. The first kappa shape index (κ1) is 12.0. The van der Waals surface area contributed by atoms with Crippen LogP contribution in [-0.4, -0.2) is 15.1 Å². The van der Waals surface area contributed by atoms with E-state index in [0.717, 1.165) is 0 Å². The zero-order chi connectivity index (χ0) is 12.3. The van der Waals surface area contributed by atoms with E-state index in [-0.39, 0.29) is 11.4 Å². The van der Waals surface area contributed by atoms with E-state index in [1.807, 2.05) is 0 Å². The van der Waals surface area contributed by atoms with Crippen molar-refractivity contribution in [3.8, 4) is 11.3 Å². The number of halogens is 2. The third kappa shape index (κ3) is 2.79. The number of nitrogens with zero attached hydrogens (tertiary/aromatic N) is 2. The molecule has 0 aliphatic carbocycles. The summed E-state index contributed by atoms with van der Waals surface area (Å²) < 4.78 is 14.4. The lowest BCUT2D eigenvalue weighted by atomic mass is 10.1. The fourth-order valence-corrected chi connectivity index (χ4v) is 1.83. The van der Waals surface area contributed by atoms with E-state index in [9.17, 15) is 9.18 Å². The molecule has 0 unspecified atom stereocenters. The molecule has 0 spiro atoms. The van der Waals surface area contributed by atoms with Gasteiger partial charge in [0.15, 0.2) is 0 Å². The molecule has 2 rings (SSSR count). The van der Waals surface area contributed by atoms with Crippen LogP contribution in [0.15, 0.2) is 41.2 Å². The van der Waals surface area contributed by atoms with Gasteiger partial charge in [-0.15, -0.1) is 0 Å². The highest BCUT2D eigenvalue weighted by atomic mass is 79.9. The smallest absolute Gasteiger partial charge is 0.266 e. The van der Waals surface area contributed by atoms with Crippen molar-refractivity contribution in [2.24, 2.45) is 0 Å². The second kappa shape index (κ2) is 5.23. The Morgan fingerprint density at radius 3 is 2.82 bits per heavy atom. The molecule has 17 heavy (non-hydrogen) atoms. The van der Waals surface area contributed by atoms with E-state index in [1.54, 1.807) is 18.2 Å². The Bertz CT molecular complexity index is 583. The molecule has 3 nitrogen and oxygen atoms in total. The van der Waals surface area contributed by atoms with Crippen LogP contribution in [0, 0.1) is 5.82 Å². The lowest BCUT2D eigenvalue weighted by molar-refractivity contribution is 0.622. The van der Waals surface area contributed by atoms with E-state index in [2.05, 4.69) is 21.0 Å².